The summed E-state index contributed by atoms with van der Waals surface area (Å²) in [6.45, 7) is 3.94. The summed E-state index contributed by atoms with van der Waals surface area (Å²) in [5.41, 5.74) is 7.89. The quantitative estimate of drug-likeness (QED) is 0.626. The number of ether oxygens (including phenoxy) is 2. The van der Waals surface area contributed by atoms with Crippen molar-refractivity contribution in [3.8, 4) is 11.5 Å². The second-order valence-electron chi connectivity index (χ2n) is 5.75. The predicted molar refractivity (Wildman–Crippen MR) is 92.6 cm³/mol. The fourth-order valence-corrected chi connectivity index (χ4v) is 2.94. The number of aryl methyl sites for hydroxylation is 1. The smallest absolute Gasteiger partial charge is 0.466 e. The highest BCUT2D eigenvalue weighted by molar-refractivity contribution is 6.62. The fraction of sp³-hybridized carbons (Fsp3) is 0.294. The number of anilines is 1. The van der Waals surface area contributed by atoms with E-state index in [1.807, 2.05) is 13.0 Å². The Kier molecular flexibility index (Phi) is 4.92. The van der Waals surface area contributed by atoms with Crippen molar-refractivity contribution >= 4 is 24.4 Å². The van der Waals surface area contributed by atoms with Crippen LogP contribution in [0.3, 0.4) is 0 Å². The van der Waals surface area contributed by atoms with Crippen molar-refractivity contribution in [2.75, 3.05) is 12.3 Å². The number of fused-ring (bicyclic) bond motifs is 1. The fourth-order valence-electron chi connectivity index (χ4n) is 2.94. The lowest BCUT2D eigenvalue weighted by atomic mass is 9.77. The SMILES string of the molecule is CCOC(=O)CC1OB(O)c2cc(Oc3ccnc(N)c3)cc(C)c21. The molecule has 1 aliphatic heterocycles. The molecule has 0 amide bonds. The molecule has 2 heterocycles. The van der Waals surface area contributed by atoms with Gasteiger partial charge in [0.2, 0.25) is 0 Å². The molecule has 1 unspecified atom stereocenters. The second kappa shape index (κ2) is 7.12. The van der Waals surface area contributed by atoms with Crippen LogP contribution in [-0.4, -0.2) is 29.7 Å². The van der Waals surface area contributed by atoms with E-state index in [1.54, 1.807) is 31.3 Å². The number of rotatable bonds is 5. The van der Waals surface area contributed by atoms with Gasteiger partial charge in [-0.2, -0.15) is 0 Å². The van der Waals surface area contributed by atoms with E-state index in [2.05, 4.69) is 4.98 Å². The zero-order valence-corrected chi connectivity index (χ0v) is 14.1. The van der Waals surface area contributed by atoms with Crippen LogP contribution in [0.1, 0.15) is 30.6 Å². The van der Waals surface area contributed by atoms with Crippen LogP contribution in [0, 0.1) is 6.92 Å². The minimum atomic E-state index is -1.11. The van der Waals surface area contributed by atoms with Crippen LogP contribution in [-0.2, 0) is 14.2 Å². The summed E-state index contributed by atoms with van der Waals surface area (Å²) >= 11 is 0. The molecule has 8 heteroatoms. The molecule has 3 rings (SSSR count). The van der Waals surface area contributed by atoms with Crippen molar-refractivity contribution in [2.24, 2.45) is 0 Å². The average molecular weight is 342 g/mol. The highest BCUT2D eigenvalue weighted by atomic mass is 16.5. The maximum absolute atomic E-state index is 11.7. The number of aromatic nitrogens is 1. The largest absolute Gasteiger partial charge is 0.492 e. The van der Waals surface area contributed by atoms with Crippen molar-refractivity contribution in [3.63, 3.8) is 0 Å². The number of hydrogen-bond acceptors (Lipinski definition) is 7. The van der Waals surface area contributed by atoms with Gasteiger partial charge in [-0.1, -0.05) is 0 Å². The number of pyridine rings is 1. The van der Waals surface area contributed by atoms with Crippen LogP contribution in [0.5, 0.6) is 11.5 Å². The van der Waals surface area contributed by atoms with Gasteiger partial charge < -0.3 is 24.9 Å². The van der Waals surface area contributed by atoms with E-state index in [-0.39, 0.29) is 12.4 Å². The Morgan fingerprint density at radius 2 is 2.20 bits per heavy atom. The van der Waals surface area contributed by atoms with Gasteiger partial charge >= 0.3 is 13.1 Å². The maximum atomic E-state index is 11.7. The molecule has 130 valence electrons. The Hall–Kier alpha value is -2.58. The van der Waals surface area contributed by atoms with E-state index in [1.165, 1.54) is 0 Å². The molecule has 1 atom stereocenters. The van der Waals surface area contributed by atoms with Crippen molar-refractivity contribution in [1.82, 2.24) is 4.98 Å². The zero-order chi connectivity index (χ0) is 18.0. The first-order valence-electron chi connectivity index (χ1n) is 8.01. The monoisotopic (exact) mass is 342 g/mol. The molecular weight excluding hydrogens is 323 g/mol. The molecule has 0 radical (unpaired) electrons. The van der Waals surface area contributed by atoms with E-state index in [9.17, 15) is 9.82 Å². The highest BCUT2D eigenvalue weighted by Gasteiger charge is 2.38. The summed E-state index contributed by atoms with van der Waals surface area (Å²) in [7, 11) is -1.11. The van der Waals surface area contributed by atoms with E-state index < -0.39 is 13.2 Å². The van der Waals surface area contributed by atoms with Crippen LogP contribution in [0.25, 0.3) is 0 Å². The van der Waals surface area contributed by atoms with Crippen molar-refractivity contribution in [1.29, 1.82) is 0 Å². The minimum Gasteiger partial charge on any atom is -0.466 e. The first kappa shape index (κ1) is 17.3. The normalized spacial score (nSPS) is 15.8. The Morgan fingerprint density at radius 1 is 1.40 bits per heavy atom. The summed E-state index contributed by atoms with van der Waals surface area (Å²) in [6, 6.07) is 6.83. The van der Waals surface area contributed by atoms with Crippen LogP contribution >= 0.6 is 0 Å². The molecular formula is C17H19BN2O5. The highest BCUT2D eigenvalue weighted by Crippen LogP contribution is 2.33. The summed E-state index contributed by atoms with van der Waals surface area (Å²) in [5.74, 6) is 1.08. The van der Waals surface area contributed by atoms with Gasteiger partial charge in [-0.3, -0.25) is 4.79 Å². The Labute approximate surface area is 145 Å². The van der Waals surface area contributed by atoms with Crippen molar-refractivity contribution in [2.45, 2.75) is 26.4 Å². The number of carbonyl (C=O) groups is 1. The molecule has 1 aromatic heterocycles. The number of benzene rings is 1. The molecule has 1 aromatic carbocycles. The molecule has 2 aromatic rings. The number of nitrogens with two attached hydrogens (primary N) is 1. The van der Waals surface area contributed by atoms with Crippen LogP contribution in [0.2, 0.25) is 0 Å². The third-order valence-corrected chi connectivity index (χ3v) is 3.92. The van der Waals surface area contributed by atoms with Gasteiger partial charge in [0.15, 0.2) is 0 Å². The molecule has 0 aliphatic carbocycles. The molecule has 25 heavy (non-hydrogen) atoms. The van der Waals surface area contributed by atoms with Gasteiger partial charge in [0.25, 0.3) is 0 Å². The lowest BCUT2D eigenvalue weighted by molar-refractivity contribution is -0.145. The van der Waals surface area contributed by atoms with E-state index in [0.717, 1.165) is 11.1 Å². The van der Waals surface area contributed by atoms with E-state index in [0.29, 0.717) is 29.4 Å². The van der Waals surface area contributed by atoms with Gasteiger partial charge in [-0.15, -0.1) is 0 Å². The molecule has 0 fully saturated rings. The molecule has 0 saturated carbocycles. The minimum absolute atomic E-state index is 0.0554. The first-order chi connectivity index (χ1) is 12.0. The number of carbonyl (C=O) groups excluding carboxylic acids is 1. The van der Waals surface area contributed by atoms with E-state index >= 15 is 0 Å². The first-order valence-corrected chi connectivity index (χ1v) is 8.01. The predicted octanol–water partition coefficient (Wildman–Crippen LogP) is 1.48. The summed E-state index contributed by atoms with van der Waals surface area (Å²) in [5, 5.41) is 10.2. The molecule has 0 spiro atoms. The Bertz CT molecular complexity index is 799. The molecule has 3 N–H and O–H groups in total. The Morgan fingerprint density at radius 3 is 2.92 bits per heavy atom. The lowest BCUT2D eigenvalue weighted by Gasteiger charge is -2.14. The number of nitrogens with zero attached hydrogens (tertiary/aromatic N) is 1. The average Bonchev–Trinajstić information content (AvgIpc) is 2.84. The maximum Gasteiger partial charge on any atom is 0.492 e. The second-order valence-corrected chi connectivity index (χ2v) is 5.75. The topological polar surface area (TPSA) is 104 Å². The number of esters is 1. The summed E-state index contributed by atoms with van der Waals surface area (Å²) in [4.78, 5) is 15.7. The summed E-state index contributed by atoms with van der Waals surface area (Å²) in [6.07, 6.45) is 1.08. The van der Waals surface area contributed by atoms with Crippen LogP contribution in [0.15, 0.2) is 30.5 Å². The molecule has 0 bridgehead atoms. The standard InChI is InChI=1S/C17H19BN2O5/c1-3-23-16(21)9-14-17-10(2)6-12(7-13(17)18(22)25-14)24-11-4-5-20-15(19)8-11/h4-8,14,22H,3,9H2,1-2H3,(H2,19,20). The van der Waals surface area contributed by atoms with Crippen molar-refractivity contribution < 1.29 is 23.9 Å². The Balaban J connectivity index is 1.86. The van der Waals surface area contributed by atoms with E-state index in [4.69, 9.17) is 19.9 Å². The number of hydrogen-bond donors (Lipinski definition) is 2. The molecule has 1 aliphatic rings. The third-order valence-electron chi connectivity index (χ3n) is 3.92. The van der Waals surface area contributed by atoms with Crippen LogP contribution in [0.4, 0.5) is 5.82 Å². The lowest BCUT2D eigenvalue weighted by Crippen LogP contribution is -2.28. The summed E-state index contributed by atoms with van der Waals surface area (Å²) < 4.78 is 16.3. The molecule has 7 nitrogen and oxygen atoms in total. The van der Waals surface area contributed by atoms with Gasteiger partial charge in [0, 0.05) is 12.3 Å². The third kappa shape index (κ3) is 3.75. The van der Waals surface area contributed by atoms with Gasteiger partial charge in [0.05, 0.1) is 19.1 Å². The van der Waals surface area contributed by atoms with Gasteiger partial charge in [-0.05, 0) is 48.6 Å². The van der Waals surface area contributed by atoms with Gasteiger partial charge in [0.1, 0.15) is 17.3 Å². The molecule has 0 saturated heterocycles. The van der Waals surface area contributed by atoms with Gasteiger partial charge in [-0.25, -0.2) is 4.98 Å². The van der Waals surface area contributed by atoms with Crippen molar-refractivity contribution in [3.05, 3.63) is 41.6 Å². The zero-order valence-electron chi connectivity index (χ0n) is 14.1. The number of nitrogen functional groups attached to an aromatic ring is 1. The van der Waals surface area contributed by atoms with Crippen LogP contribution < -0.4 is 15.9 Å².